The Balaban J connectivity index is 2.61. The number of benzene rings is 1. The second-order valence-electron chi connectivity index (χ2n) is 3.96. The average Bonchev–Trinajstić information content (AvgIpc) is 2.33. The van der Waals surface area contributed by atoms with E-state index in [0.29, 0.717) is 12.3 Å². The number of nitrogens with two attached hydrogens (primary N) is 1. The Morgan fingerprint density at radius 2 is 2.24 bits per heavy atom. The van der Waals surface area contributed by atoms with Crippen molar-refractivity contribution in [2.24, 2.45) is 0 Å². The van der Waals surface area contributed by atoms with Gasteiger partial charge in [0.05, 0.1) is 12.3 Å². The van der Waals surface area contributed by atoms with Crippen LogP contribution < -0.4 is 10.5 Å². The summed E-state index contributed by atoms with van der Waals surface area (Å²) >= 11 is 0. The zero-order valence-electron chi connectivity index (χ0n) is 10.3. The number of nitrogen functional groups attached to an aromatic ring is 1. The van der Waals surface area contributed by atoms with Gasteiger partial charge in [-0.1, -0.05) is 12.7 Å². The van der Waals surface area contributed by atoms with E-state index in [9.17, 15) is 0 Å². The summed E-state index contributed by atoms with van der Waals surface area (Å²) in [4.78, 5) is 0. The molecule has 2 heteroatoms. The SMILES string of the molecule is C#CCCCCOc1cc(C=C)cc(C)c1N. The third-order valence-electron chi connectivity index (χ3n) is 2.58. The topological polar surface area (TPSA) is 35.2 Å². The molecule has 2 nitrogen and oxygen atoms in total. The van der Waals surface area contributed by atoms with Crippen LogP contribution in [-0.2, 0) is 0 Å². The molecule has 1 rings (SSSR count). The first kappa shape index (κ1) is 13.2. The van der Waals surface area contributed by atoms with E-state index in [4.69, 9.17) is 16.9 Å². The fraction of sp³-hybridized carbons (Fsp3) is 0.333. The number of aryl methyl sites for hydroxylation is 1. The summed E-state index contributed by atoms with van der Waals surface area (Å²) in [5.41, 5.74) is 8.70. The van der Waals surface area contributed by atoms with E-state index in [1.165, 1.54) is 0 Å². The number of hydrogen-bond acceptors (Lipinski definition) is 2. The Hall–Kier alpha value is -1.88. The van der Waals surface area contributed by atoms with Crippen molar-refractivity contribution in [2.45, 2.75) is 26.2 Å². The molecular formula is C15H19NO. The zero-order valence-corrected chi connectivity index (χ0v) is 10.3. The fourth-order valence-electron chi connectivity index (χ4n) is 1.54. The molecule has 0 heterocycles. The Labute approximate surface area is 103 Å². The Morgan fingerprint density at radius 3 is 2.88 bits per heavy atom. The lowest BCUT2D eigenvalue weighted by molar-refractivity contribution is 0.309. The summed E-state index contributed by atoms with van der Waals surface area (Å²) in [5.74, 6) is 3.35. The molecule has 0 unspecified atom stereocenters. The highest BCUT2D eigenvalue weighted by Crippen LogP contribution is 2.27. The highest BCUT2D eigenvalue weighted by atomic mass is 16.5. The maximum absolute atomic E-state index is 5.96. The van der Waals surface area contributed by atoms with Gasteiger partial charge in [0.1, 0.15) is 5.75 Å². The van der Waals surface area contributed by atoms with Gasteiger partial charge in [-0.05, 0) is 43.0 Å². The minimum Gasteiger partial charge on any atom is -0.491 e. The van der Waals surface area contributed by atoms with Crippen LogP contribution in [0.5, 0.6) is 5.75 Å². The lowest BCUT2D eigenvalue weighted by Gasteiger charge is -2.11. The monoisotopic (exact) mass is 229 g/mol. The minimum absolute atomic E-state index is 0.645. The van der Waals surface area contributed by atoms with Crippen molar-refractivity contribution in [3.8, 4) is 18.1 Å². The molecule has 0 atom stereocenters. The van der Waals surface area contributed by atoms with Gasteiger partial charge >= 0.3 is 0 Å². The van der Waals surface area contributed by atoms with E-state index in [-0.39, 0.29) is 0 Å². The van der Waals surface area contributed by atoms with Crippen LogP contribution in [-0.4, -0.2) is 6.61 Å². The molecule has 0 spiro atoms. The van der Waals surface area contributed by atoms with Gasteiger partial charge in [-0.25, -0.2) is 0 Å². The number of hydrogen-bond donors (Lipinski definition) is 1. The van der Waals surface area contributed by atoms with Gasteiger partial charge in [-0.2, -0.15) is 0 Å². The van der Waals surface area contributed by atoms with Gasteiger partial charge < -0.3 is 10.5 Å². The Morgan fingerprint density at radius 1 is 1.47 bits per heavy atom. The number of unbranched alkanes of at least 4 members (excludes halogenated alkanes) is 2. The predicted molar refractivity (Wildman–Crippen MR) is 73.9 cm³/mol. The molecule has 17 heavy (non-hydrogen) atoms. The van der Waals surface area contributed by atoms with Crippen molar-refractivity contribution in [2.75, 3.05) is 12.3 Å². The van der Waals surface area contributed by atoms with E-state index >= 15 is 0 Å². The smallest absolute Gasteiger partial charge is 0.143 e. The Bertz CT molecular complexity index is 429. The molecule has 1 aromatic rings. The van der Waals surface area contributed by atoms with Gasteiger partial charge in [0.2, 0.25) is 0 Å². The van der Waals surface area contributed by atoms with Crippen LogP contribution in [0, 0.1) is 19.3 Å². The number of terminal acetylenes is 1. The molecule has 0 bridgehead atoms. The molecule has 0 saturated heterocycles. The van der Waals surface area contributed by atoms with Crippen LogP contribution in [0.1, 0.15) is 30.4 Å². The molecule has 0 aliphatic heterocycles. The number of rotatable bonds is 6. The van der Waals surface area contributed by atoms with Crippen molar-refractivity contribution in [1.82, 2.24) is 0 Å². The highest BCUT2D eigenvalue weighted by Gasteiger charge is 2.04. The van der Waals surface area contributed by atoms with Gasteiger partial charge in [-0.15, -0.1) is 12.3 Å². The molecule has 90 valence electrons. The number of anilines is 1. The van der Waals surface area contributed by atoms with E-state index in [2.05, 4.69) is 12.5 Å². The van der Waals surface area contributed by atoms with E-state index in [1.807, 2.05) is 19.1 Å². The van der Waals surface area contributed by atoms with E-state index in [1.54, 1.807) is 6.08 Å². The molecule has 0 radical (unpaired) electrons. The number of ether oxygens (including phenoxy) is 1. The summed E-state index contributed by atoms with van der Waals surface area (Å²) < 4.78 is 5.67. The zero-order chi connectivity index (χ0) is 12.7. The second kappa shape index (κ2) is 6.65. The van der Waals surface area contributed by atoms with Gasteiger partial charge in [0.15, 0.2) is 0 Å². The van der Waals surface area contributed by atoms with Crippen molar-refractivity contribution >= 4 is 11.8 Å². The average molecular weight is 229 g/mol. The second-order valence-corrected chi connectivity index (χ2v) is 3.96. The largest absolute Gasteiger partial charge is 0.491 e. The van der Waals surface area contributed by atoms with Crippen LogP contribution >= 0.6 is 0 Å². The fourth-order valence-corrected chi connectivity index (χ4v) is 1.54. The van der Waals surface area contributed by atoms with Crippen molar-refractivity contribution in [1.29, 1.82) is 0 Å². The summed E-state index contributed by atoms with van der Waals surface area (Å²) in [5, 5.41) is 0. The predicted octanol–water partition coefficient (Wildman–Crippen LogP) is 3.40. The normalized spacial score (nSPS) is 9.65. The van der Waals surface area contributed by atoms with Crippen LogP contribution in [0.15, 0.2) is 18.7 Å². The highest BCUT2D eigenvalue weighted by molar-refractivity contribution is 5.64. The standard InChI is InChI=1S/C15H19NO/c1-4-6-7-8-9-17-14-11-13(5-2)10-12(3)15(14)16/h1,5,10-11H,2,6-9,16H2,3H3. The van der Waals surface area contributed by atoms with Crippen LogP contribution in [0.25, 0.3) is 6.08 Å². The maximum atomic E-state index is 5.96. The third-order valence-corrected chi connectivity index (χ3v) is 2.58. The first-order valence-corrected chi connectivity index (χ1v) is 5.78. The molecular weight excluding hydrogens is 210 g/mol. The van der Waals surface area contributed by atoms with Crippen molar-refractivity contribution in [3.63, 3.8) is 0 Å². The third kappa shape index (κ3) is 3.88. The lowest BCUT2D eigenvalue weighted by atomic mass is 10.1. The van der Waals surface area contributed by atoms with Crippen LogP contribution in [0.4, 0.5) is 5.69 Å². The lowest BCUT2D eigenvalue weighted by Crippen LogP contribution is -2.02. The molecule has 0 aromatic heterocycles. The minimum atomic E-state index is 0.645. The van der Waals surface area contributed by atoms with Crippen molar-refractivity contribution in [3.05, 3.63) is 29.8 Å². The van der Waals surface area contributed by atoms with Crippen molar-refractivity contribution < 1.29 is 4.74 Å². The van der Waals surface area contributed by atoms with Crippen LogP contribution in [0.2, 0.25) is 0 Å². The maximum Gasteiger partial charge on any atom is 0.143 e. The Kier molecular flexibility index (Phi) is 5.16. The quantitative estimate of drug-likeness (QED) is 0.461. The molecule has 0 saturated carbocycles. The summed E-state index contributed by atoms with van der Waals surface area (Å²) in [6.07, 6.45) is 9.70. The van der Waals surface area contributed by atoms with Gasteiger partial charge in [0, 0.05) is 6.42 Å². The van der Waals surface area contributed by atoms with Gasteiger partial charge in [0.25, 0.3) is 0 Å². The first-order valence-electron chi connectivity index (χ1n) is 5.78. The molecule has 0 aliphatic rings. The van der Waals surface area contributed by atoms with Gasteiger partial charge in [-0.3, -0.25) is 0 Å². The van der Waals surface area contributed by atoms with E-state index in [0.717, 1.165) is 36.1 Å². The summed E-state index contributed by atoms with van der Waals surface area (Å²) in [6, 6.07) is 3.91. The molecule has 1 aromatic carbocycles. The molecule has 2 N–H and O–H groups in total. The molecule has 0 fully saturated rings. The van der Waals surface area contributed by atoms with Crippen LogP contribution in [0.3, 0.4) is 0 Å². The summed E-state index contributed by atoms with van der Waals surface area (Å²) in [6.45, 7) is 6.36. The first-order chi connectivity index (χ1) is 8.19. The summed E-state index contributed by atoms with van der Waals surface area (Å²) in [7, 11) is 0. The molecule has 0 amide bonds. The van der Waals surface area contributed by atoms with E-state index < -0.39 is 0 Å². The molecule has 0 aliphatic carbocycles.